The van der Waals surface area contributed by atoms with Gasteiger partial charge in [-0.3, -0.25) is 4.79 Å². The number of nitrogens with one attached hydrogen (secondary N) is 1. The number of carbonyl (C=O) groups is 2. The molecule has 8 nitrogen and oxygen atoms in total. The minimum absolute atomic E-state index is 0.129. The van der Waals surface area contributed by atoms with Crippen molar-refractivity contribution in [2.75, 3.05) is 33.1 Å². The van der Waals surface area contributed by atoms with Crippen LogP contribution in [0.25, 0.3) is 0 Å². The Hall–Kier alpha value is -2.91. The lowest BCUT2D eigenvalue weighted by molar-refractivity contribution is -0.116. The van der Waals surface area contributed by atoms with Gasteiger partial charge in [0.2, 0.25) is 15.9 Å². The Balaban J connectivity index is 1.93. The van der Waals surface area contributed by atoms with Crippen LogP contribution in [0.4, 0.5) is 5.69 Å². The van der Waals surface area contributed by atoms with Crippen molar-refractivity contribution in [3.8, 4) is 5.75 Å². The summed E-state index contributed by atoms with van der Waals surface area (Å²) in [5.74, 6) is -0.189. The fourth-order valence-corrected chi connectivity index (χ4v) is 3.93. The molecule has 0 aliphatic carbocycles. The average Bonchev–Trinajstić information content (AvgIpc) is 2.74. The monoisotopic (exact) mass is 434 g/mol. The van der Waals surface area contributed by atoms with Gasteiger partial charge >= 0.3 is 5.97 Å². The molecule has 0 bridgehead atoms. The molecule has 0 aliphatic rings. The second kappa shape index (κ2) is 10.2. The van der Waals surface area contributed by atoms with Crippen LogP contribution in [-0.2, 0) is 19.6 Å². The average molecular weight is 435 g/mol. The van der Waals surface area contributed by atoms with Gasteiger partial charge in [0.05, 0.1) is 24.7 Å². The van der Waals surface area contributed by atoms with E-state index >= 15 is 0 Å². The van der Waals surface area contributed by atoms with Crippen LogP contribution in [0.15, 0.2) is 47.4 Å². The predicted octanol–water partition coefficient (Wildman–Crippen LogP) is 2.83. The molecule has 0 saturated carbocycles. The van der Waals surface area contributed by atoms with Crippen LogP contribution in [0, 0.1) is 6.92 Å². The zero-order valence-corrected chi connectivity index (χ0v) is 18.3. The number of esters is 1. The number of methoxy groups -OCH3 is 2. The zero-order chi connectivity index (χ0) is 22.3. The van der Waals surface area contributed by atoms with Crippen molar-refractivity contribution in [1.29, 1.82) is 0 Å². The number of rotatable bonds is 9. The smallest absolute Gasteiger partial charge is 0.337 e. The first-order valence-electron chi connectivity index (χ1n) is 9.28. The molecule has 0 spiro atoms. The van der Waals surface area contributed by atoms with E-state index in [4.69, 9.17) is 4.74 Å². The predicted molar refractivity (Wildman–Crippen MR) is 113 cm³/mol. The largest absolute Gasteiger partial charge is 0.497 e. The van der Waals surface area contributed by atoms with Gasteiger partial charge in [0, 0.05) is 25.7 Å². The number of hydrogen-bond acceptors (Lipinski definition) is 6. The third-order valence-electron chi connectivity index (χ3n) is 4.58. The highest BCUT2D eigenvalue weighted by Gasteiger charge is 2.20. The van der Waals surface area contributed by atoms with E-state index in [0.29, 0.717) is 23.4 Å². The SMILES string of the molecule is COC(=O)c1ccc(C)c(NC(=O)CCCN(C)S(=O)(=O)c2ccc(OC)cc2)c1. The van der Waals surface area contributed by atoms with Crippen molar-refractivity contribution in [2.45, 2.75) is 24.7 Å². The molecule has 162 valence electrons. The zero-order valence-electron chi connectivity index (χ0n) is 17.5. The number of ether oxygens (including phenoxy) is 2. The fraction of sp³-hybridized carbons (Fsp3) is 0.333. The molecule has 0 aromatic heterocycles. The summed E-state index contributed by atoms with van der Waals surface area (Å²) in [6.07, 6.45) is 0.470. The van der Waals surface area contributed by atoms with E-state index in [2.05, 4.69) is 10.1 Å². The van der Waals surface area contributed by atoms with E-state index in [0.717, 1.165) is 5.56 Å². The van der Waals surface area contributed by atoms with Crippen LogP contribution in [0.1, 0.15) is 28.8 Å². The third-order valence-corrected chi connectivity index (χ3v) is 6.45. The van der Waals surface area contributed by atoms with E-state index in [1.807, 2.05) is 6.92 Å². The lowest BCUT2D eigenvalue weighted by Crippen LogP contribution is -2.28. The summed E-state index contributed by atoms with van der Waals surface area (Å²) < 4.78 is 36.2. The van der Waals surface area contributed by atoms with Gasteiger partial charge in [-0.25, -0.2) is 17.5 Å². The van der Waals surface area contributed by atoms with Crippen molar-refractivity contribution in [3.63, 3.8) is 0 Å². The van der Waals surface area contributed by atoms with Crippen LogP contribution < -0.4 is 10.1 Å². The van der Waals surface area contributed by atoms with E-state index in [9.17, 15) is 18.0 Å². The van der Waals surface area contributed by atoms with Gasteiger partial charge in [-0.15, -0.1) is 0 Å². The summed E-state index contributed by atoms with van der Waals surface area (Å²) in [5.41, 5.74) is 1.65. The summed E-state index contributed by atoms with van der Waals surface area (Å²) >= 11 is 0. The molecule has 30 heavy (non-hydrogen) atoms. The van der Waals surface area contributed by atoms with Crippen molar-refractivity contribution < 1.29 is 27.5 Å². The molecular weight excluding hydrogens is 408 g/mol. The standard InChI is InChI=1S/C21H26N2O6S/c1-15-7-8-16(21(25)29-4)14-19(15)22-20(24)6-5-13-23(2)30(26,27)18-11-9-17(28-3)10-12-18/h7-12,14H,5-6,13H2,1-4H3,(H,22,24). The molecule has 1 amide bonds. The van der Waals surface area contributed by atoms with Crippen molar-refractivity contribution in [2.24, 2.45) is 0 Å². The first-order chi connectivity index (χ1) is 14.2. The Morgan fingerprint density at radius 3 is 2.33 bits per heavy atom. The van der Waals surface area contributed by atoms with E-state index in [-0.39, 0.29) is 23.8 Å². The summed E-state index contributed by atoms with van der Waals surface area (Å²) in [6, 6.07) is 11.0. The highest BCUT2D eigenvalue weighted by molar-refractivity contribution is 7.89. The van der Waals surface area contributed by atoms with Crippen LogP contribution in [0.5, 0.6) is 5.75 Å². The first kappa shape index (κ1) is 23.4. The lowest BCUT2D eigenvalue weighted by Gasteiger charge is -2.17. The Labute approximate surface area is 176 Å². The second-order valence-electron chi connectivity index (χ2n) is 6.68. The second-order valence-corrected chi connectivity index (χ2v) is 8.72. The summed E-state index contributed by atoms with van der Waals surface area (Å²) in [7, 11) is 0.619. The van der Waals surface area contributed by atoms with Gasteiger partial charge in [-0.05, 0) is 55.3 Å². The van der Waals surface area contributed by atoms with Crippen LogP contribution in [-0.4, -0.2) is 52.4 Å². The van der Waals surface area contributed by atoms with Gasteiger partial charge in [0.1, 0.15) is 5.75 Å². The summed E-state index contributed by atoms with van der Waals surface area (Å²) in [5, 5.41) is 2.76. The van der Waals surface area contributed by atoms with Crippen molar-refractivity contribution in [1.82, 2.24) is 4.31 Å². The van der Waals surface area contributed by atoms with Crippen molar-refractivity contribution in [3.05, 3.63) is 53.6 Å². The molecule has 0 radical (unpaired) electrons. The number of amides is 1. The van der Waals surface area contributed by atoms with E-state index in [1.54, 1.807) is 30.3 Å². The number of nitrogens with zero attached hydrogens (tertiary/aromatic N) is 1. The van der Waals surface area contributed by atoms with Gasteiger partial charge in [-0.2, -0.15) is 0 Å². The topological polar surface area (TPSA) is 102 Å². The highest BCUT2D eigenvalue weighted by Crippen LogP contribution is 2.20. The normalized spacial score (nSPS) is 11.2. The van der Waals surface area contributed by atoms with Gasteiger partial charge in [-0.1, -0.05) is 6.07 Å². The Kier molecular flexibility index (Phi) is 7.96. The molecule has 0 saturated heterocycles. The number of hydrogen-bond donors (Lipinski definition) is 1. The minimum Gasteiger partial charge on any atom is -0.497 e. The van der Waals surface area contributed by atoms with E-state index < -0.39 is 16.0 Å². The van der Waals surface area contributed by atoms with Gasteiger partial charge in [0.15, 0.2) is 0 Å². The van der Waals surface area contributed by atoms with Gasteiger partial charge < -0.3 is 14.8 Å². The van der Waals surface area contributed by atoms with Crippen LogP contribution in [0.3, 0.4) is 0 Å². The maximum absolute atomic E-state index is 12.6. The molecular formula is C21H26N2O6S. The van der Waals surface area contributed by atoms with Crippen molar-refractivity contribution >= 4 is 27.6 Å². The Bertz CT molecular complexity index is 1000. The number of aryl methyl sites for hydroxylation is 1. The molecule has 9 heteroatoms. The number of carbonyl (C=O) groups excluding carboxylic acids is 2. The summed E-state index contributed by atoms with van der Waals surface area (Å²) in [4.78, 5) is 24.1. The van der Waals surface area contributed by atoms with Gasteiger partial charge in [0.25, 0.3) is 0 Å². The third kappa shape index (κ3) is 5.80. The van der Waals surface area contributed by atoms with E-state index in [1.165, 1.54) is 37.7 Å². The molecule has 2 aromatic rings. The molecule has 1 N–H and O–H groups in total. The molecule has 0 heterocycles. The maximum Gasteiger partial charge on any atom is 0.337 e. The molecule has 0 aliphatic heterocycles. The number of benzene rings is 2. The van der Waals surface area contributed by atoms with Crippen LogP contribution >= 0.6 is 0 Å². The molecule has 0 fully saturated rings. The molecule has 0 unspecified atom stereocenters. The molecule has 2 rings (SSSR count). The lowest BCUT2D eigenvalue weighted by atomic mass is 10.1. The van der Waals surface area contributed by atoms with Crippen LogP contribution in [0.2, 0.25) is 0 Å². The Morgan fingerprint density at radius 1 is 1.07 bits per heavy atom. The molecule has 2 aromatic carbocycles. The molecule has 0 atom stereocenters. The maximum atomic E-state index is 12.6. The minimum atomic E-state index is -3.65. The summed E-state index contributed by atoms with van der Waals surface area (Å²) in [6.45, 7) is 1.99. The highest BCUT2D eigenvalue weighted by atomic mass is 32.2. The number of anilines is 1. The Morgan fingerprint density at radius 2 is 1.73 bits per heavy atom. The number of sulfonamides is 1. The quantitative estimate of drug-likeness (QED) is 0.609. The first-order valence-corrected chi connectivity index (χ1v) is 10.7. The fourth-order valence-electron chi connectivity index (χ4n) is 2.72.